The second-order valence-electron chi connectivity index (χ2n) is 7.56. The molecule has 7 nitrogen and oxygen atoms in total. The van der Waals surface area contributed by atoms with E-state index in [0.29, 0.717) is 37.9 Å². The fourth-order valence-electron chi connectivity index (χ4n) is 2.91. The Bertz CT molecular complexity index is 1180. The Balaban J connectivity index is 1.83. The first-order valence-corrected chi connectivity index (χ1v) is 11.0. The smallest absolute Gasteiger partial charge is 0.348 e. The summed E-state index contributed by atoms with van der Waals surface area (Å²) in [5, 5.41) is 0.795. The normalized spacial score (nSPS) is 12.2. The summed E-state index contributed by atoms with van der Waals surface area (Å²) in [6, 6.07) is 6.15. The first kappa shape index (κ1) is 23.0. The van der Waals surface area contributed by atoms with Crippen LogP contribution in [0.25, 0.3) is 10.2 Å². The maximum Gasteiger partial charge on any atom is 0.348 e. The van der Waals surface area contributed by atoms with E-state index >= 15 is 0 Å². The molecule has 0 aliphatic rings. The van der Waals surface area contributed by atoms with Gasteiger partial charge in [0, 0.05) is 10.6 Å². The molecule has 0 aliphatic carbocycles. The van der Waals surface area contributed by atoms with Crippen LogP contribution in [0.15, 0.2) is 35.4 Å². The van der Waals surface area contributed by atoms with Gasteiger partial charge in [-0.25, -0.2) is 14.6 Å². The summed E-state index contributed by atoms with van der Waals surface area (Å²) in [5.41, 5.74) is 0.755. The predicted octanol–water partition coefficient (Wildman–Crippen LogP) is 4.54. The van der Waals surface area contributed by atoms with Crippen LogP contribution in [0.3, 0.4) is 0 Å². The van der Waals surface area contributed by atoms with Gasteiger partial charge in [0.2, 0.25) is 0 Å². The summed E-state index contributed by atoms with van der Waals surface area (Å²) in [5.74, 6) is -0.869. The molecular formula is C22H23ClN2O5S. The van der Waals surface area contributed by atoms with Gasteiger partial charge in [0.1, 0.15) is 22.4 Å². The molecule has 0 fully saturated rings. The monoisotopic (exact) mass is 462 g/mol. The Morgan fingerprint density at radius 3 is 2.58 bits per heavy atom. The Morgan fingerprint density at radius 2 is 1.90 bits per heavy atom. The third-order valence-electron chi connectivity index (χ3n) is 4.70. The molecule has 2 heterocycles. The number of nitrogens with zero attached hydrogens (tertiary/aromatic N) is 2. The van der Waals surface area contributed by atoms with E-state index in [1.54, 1.807) is 38.1 Å². The van der Waals surface area contributed by atoms with Crippen molar-refractivity contribution in [1.29, 1.82) is 0 Å². The van der Waals surface area contributed by atoms with E-state index in [0.717, 1.165) is 11.3 Å². The maximum atomic E-state index is 13.1. The van der Waals surface area contributed by atoms with E-state index < -0.39 is 23.5 Å². The van der Waals surface area contributed by atoms with Crippen LogP contribution < -0.4 is 5.56 Å². The summed E-state index contributed by atoms with van der Waals surface area (Å²) in [4.78, 5) is 43.1. The fourth-order valence-corrected chi connectivity index (χ4v) is 4.14. The number of benzene rings is 1. The number of carbonyl (C=O) groups is 2. The van der Waals surface area contributed by atoms with E-state index in [1.165, 1.54) is 10.9 Å². The van der Waals surface area contributed by atoms with Gasteiger partial charge in [-0.3, -0.25) is 9.36 Å². The molecule has 164 valence electrons. The minimum absolute atomic E-state index is 0.00338. The standard InChI is InChI=1S/C22H23ClN2O5S/c1-12(2)9-29-22(28)18-13(3)17-19(31-18)24-11-25(20(17)26)14(4)21(27)30-10-15-7-5-6-8-16(15)23/h5-8,11-12,14H,9-10H2,1-4H3/t14-/m0/s1. The van der Waals surface area contributed by atoms with Crippen LogP contribution in [-0.2, 0) is 20.9 Å². The zero-order chi connectivity index (χ0) is 22.7. The second-order valence-corrected chi connectivity index (χ2v) is 8.97. The highest BCUT2D eigenvalue weighted by Gasteiger charge is 2.24. The van der Waals surface area contributed by atoms with Crippen LogP contribution in [0.4, 0.5) is 0 Å². The lowest BCUT2D eigenvalue weighted by molar-refractivity contribution is -0.148. The number of carbonyl (C=O) groups excluding carboxylic acids is 2. The number of hydrogen-bond acceptors (Lipinski definition) is 7. The van der Waals surface area contributed by atoms with Crippen molar-refractivity contribution in [2.24, 2.45) is 5.92 Å². The van der Waals surface area contributed by atoms with Crippen LogP contribution in [0.2, 0.25) is 5.02 Å². The Hall–Kier alpha value is -2.71. The van der Waals surface area contributed by atoms with E-state index in [4.69, 9.17) is 21.1 Å². The molecule has 0 spiro atoms. The van der Waals surface area contributed by atoms with Crippen LogP contribution in [-0.4, -0.2) is 28.1 Å². The molecule has 0 bridgehead atoms. The molecule has 0 radical (unpaired) electrons. The first-order valence-electron chi connectivity index (χ1n) is 9.78. The summed E-state index contributed by atoms with van der Waals surface area (Å²) in [7, 11) is 0. The largest absolute Gasteiger partial charge is 0.461 e. The van der Waals surface area contributed by atoms with E-state index in [-0.39, 0.29) is 12.5 Å². The van der Waals surface area contributed by atoms with Crippen LogP contribution in [0.1, 0.15) is 47.6 Å². The van der Waals surface area contributed by atoms with Crippen molar-refractivity contribution in [1.82, 2.24) is 9.55 Å². The predicted molar refractivity (Wildman–Crippen MR) is 120 cm³/mol. The molecule has 3 rings (SSSR count). The third kappa shape index (κ3) is 4.97. The van der Waals surface area contributed by atoms with E-state index in [2.05, 4.69) is 4.98 Å². The summed E-state index contributed by atoms with van der Waals surface area (Å²) < 4.78 is 11.8. The zero-order valence-electron chi connectivity index (χ0n) is 17.7. The van der Waals surface area contributed by atoms with Gasteiger partial charge in [0.15, 0.2) is 0 Å². The molecule has 9 heteroatoms. The quantitative estimate of drug-likeness (QED) is 0.479. The number of hydrogen-bond donors (Lipinski definition) is 0. The van der Waals surface area contributed by atoms with Gasteiger partial charge in [-0.1, -0.05) is 43.6 Å². The second kappa shape index (κ2) is 9.62. The van der Waals surface area contributed by atoms with Crippen molar-refractivity contribution in [2.75, 3.05) is 6.61 Å². The van der Waals surface area contributed by atoms with Gasteiger partial charge in [0.05, 0.1) is 18.3 Å². The average molecular weight is 463 g/mol. The van der Waals surface area contributed by atoms with Gasteiger partial charge in [-0.2, -0.15) is 0 Å². The van der Waals surface area contributed by atoms with Crippen molar-refractivity contribution >= 4 is 45.1 Å². The van der Waals surface area contributed by atoms with Crippen LogP contribution >= 0.6 is 22.9 Å². The summed E-state index contributed by atoms with van der Waals surface area (Å²) in [6.45, 7) is 7.41. The summed E-state index contributed by atoms with van der Waals surface area (Å²) in [6.07, 6.45) is 1.30. The van der Waals surface area contributed by atoms with Gasteiger partial charge < -0.3 is 9.47 Å². The molecule has 1 aromatic carbocycles. The van der Waals surface area contributed by atoms with Gasteiger partial charge in [-0.15, -0.1) is 11.3 Å². The molecule has 0 N–H and O–H groups in total. The Kier molecular flexibility index (Phi) is 7.12. The zero-order valence-corrected chi connectivity index (χ0v) is 19.2. The molecule has 0 saturated heterocycles. The number of esters is 2. The average Bonchev–Trinajstić information content (AvgIpc) is 3.08. The molecule has 0 unspecified atom stereocenters. The molecule has 2 aromatic heterocycles. The topological polar surface area (TPSA) is 87.5 Å². The minimum atomic E-state index is -0.900. The van der Waals surface area contributed by atoms with E-state index in [9.17, 15) is 14.4 Å². The number of ether oxygens (including phenoxy) is 2. The fraction of sp³-hybridized carbons (Fsp3) is 0.364. The Morgan fingerprint density at radius 1 is 1.19 bits per heavy atom. The van der Waals surface area contributed by atoms with Crippen molar-refractivity contribution < 1.29 is 19.1 Å². The number of aromatic nitrogens is 2. The highest BCUT2D eigenvalue weighted by molar-refractivity contribution is 7.20. The van der Waals surface area contributed by atoms with Crippen molar-refractivity contribution in [3.63, 3.8) is 0 Å². The summed E-state index contributed by atoms with van der Waals surface area (Å²) >= 11 is 7.19. The molecule has 0 saturated carbocycles. The molecule has 31 heavy (non-hydrogen) atoms. The lowest BCUT2D eigenvalue weighted by Crippen LogP contribution is -2.29. The number of fused-ring (bicyclic) bond motifs is 1. The number of thiophene rings is 1. The lowest BCUT2D eigenvalue weighted by Gasteiger charge is -2.14. The number of rotatable bonds is 7. The van der Waals surface area contributed by atoms with Gasteiger partial charge in [-0.05, 0) is 31.4 Å². The Labute approximate surface area is 188 Å². The van der Waals surface area contributed by atoms with Gasteiger partial charge in [0.25, 0.3) is 5.56 Å². The van der Waals surface area contributed by atoms with Crippen molar-refractivity contribution in [3.05, 3.63) is 62.0 Å². The minimum Gasteiger partial charge on any atom is -0.461 e. The number of halogens is 1. The maximum absolute atomic E-state index is 13.1. The van der Waals surface area contributed by atoms with Crippen LogP contribution in [0, 0.1) is 12.8 Å². The third-order valence-corrected chi connectivity index (χ3v) is 6.24. The highest BCUT2D eigenvalue weighted by atomic mass is 35.5. The first-order chi connectivity index (χ1) is 14.7. The molecule has 1 atom stereocenters. The van der Waals surface area contributed by atoms with Crippen LogP contribution in [0.5, 0.6) is 0 Å². The molecule has 0 amide bonds. The van der Waals surface area contributed by atoms with Crippen molar-refractivity contribution in [3.8, 4) is 0 Å². The van der Waals surface area contributed by atoms with Crippen molar-refractivity contribution in [2.45, 2.75) is 40.3 Å². The van der Waals surface area contributed by atoms with Gasteiger partial charge >= 0.3 is 11.9 Å². The molecular weight excluding hydrogens is 440 g/mol. The molecule has 0 aliphatic heterocycles. The lowest BCUT2D eigenvalue weighted by atomic mass is 10.2. The number of aryl methyl sites for hydroxylation is 1. The highest BCUT2D eigenvalue weighted by Crippen LogP contribution is 2.28. The SMILES string of the molecule is Cc1c(C(=O)OCC(C)C)sc2ncn([C@@H](C)C(=O)OCc3ccccc3Cl)c(=O)c12. The van der Waals surface area contributed by atoms with E-state index in [1.807, 2.05) is 13.8 Å². The molecule has 3 aromatic rings.